The SMILES string of the molecule is CC(=[OH+])C=C(C)O.[Ir].[c-]1cccc(-c2cccc3cccc(-c4cncs4)c23)c1. The molecule has 3 aromatic carbocycles. The van der Waals surface area contributed by atoms with E-state index in [1.165, 1.54) is 52.3 Å². The minimum absolute atomic E-state index is 0. The van der Waals surface area contributed by atoms with Crippen molar-refractivity contribution in [2.75, 3.05) is 0 Å². The van der Waals surface area contributed by atoms with Crippen LogP contribution in [0.5, 0.6) is 0 Å². The summed E-state index contributed by atoms with van der Waals surface area (Å²) in [5.41, 5.74) is 5.57. The molecule has 0 aliphatic rings. The fourth-order valence-electron chi connectivity index (χ4n) is 3.00. The topological polar surface area (TPSA) is 54.5 Å². The van der Waals surface area contributed by atoms with Gasteiger partial charge in [-0.2, -0.15) is 30.3 Å². The largest absolute Gasteiger partial charge is 0.512 e. The maximum Gasteiger partial charge on any atom is 0.316 e. The van der Waals surface area contributed by atoms with E-state index in [0.29, 0.717) is 0 Å². The van der Waals surface area contributed by atoms with Crippen molar-refractivity contribution in [1.29, 1.82) is 0 Å². The summed E-state index contributed by atoms with van der Waals surface area (Å²) in [6.45, 7) is 3.00. The number of benzene rings is 3. The van der Waals surface area contributed by atoms with Gasteiger partial charge in [-0.1, -0.05) is 42.0 Å². The number of allylic oxidation sites excluding steroid dienone is 2. The van der Waals surface area contributed by atoms with Crippen LogP contribution in [0.4, 0.5) is 0 Å². The van der Waals surface area contributed by atoms with Crippen LogP contribution < -0.4 is 0 Å². The van der Waals surface area contributed by atoms with Crippen molar-refractivity contribution < 1.29 is 30.0 Å². The van der Waals surface area contributed by atoms with E-state index in [9.17, 15) is 0 Å². The van der Waals surface area contributed by atoms with Gasteiger partial charge in [-0.15, -0.1) is 16.9 Å². The Morgan fingerprint density at radius 3 is 2.31 bits per heavy atom. The summed E-state index contributed by atoms with van der Waals surface area (Å²) in [7, 11) is 0. The van der Waals surface area contributed by atoms with Gasteiger partial charge in [0.15, 0.2) is 0 Å². The molecule has 0 amide bonds. The number of aliphatic hydroxyl groups excluding tert-OH is 1. The first-order valence-corrected chi connectivity index (χ1v) is 9.71. The number of aliphatic hydroxyl groups is 1. The fraction of sp³-hybridized carbons (Fsp3) is 0.0833. The Morgan fingerprint density at radius 1 is 1.07 bits per heavy atom. The van der Waals surface area contributed by atoms with E-state index >= 15 is 0 Å². The zero-order valence-electron chi connectivity index (χ0n) is 16.1. The van der Waals surface area contributed by atoms with Crippen molar-refractivity contribution in [2.24, 2.45) is 0 Å². The molecule has 4 aromatic rings. The van der Waals surface area contributed by atoms with Crippen molar-refractivity contribution in [2.45, 2.75) is 13.8 Å². The molecule has 0 aliphatic heterocycles. The third-order valence-electron chi connectivity index (χ3n) is 4.04. The third kappa shape index (κ3) is 5.94. The molecule has 1 aromatic heterocycles. The Morgan fingerprint density at radius 2 is 1.79 bits per heavy atom. The van der Waals surface area contributed by atoms with Crippen molar-refractivity contribution in [1.82, 2.24) is 4.98 Å². The van der Waals surface area contributed by atoms with Crippen LogP contribution in [0.2, 0.25) is 0 Å². The first-order chi connectivity index (χ1) is 13.6. The van der Waals surface area contributed by atoms with Gasteiger partial charge in [-0.05, 0) is 17.7 Å². The summed E-state index contributed by atoms with van der Waals surface area (Å²) in [5.74, 6) is 0.250. The van der Waals surface area contributed by atoms with Gasteiger partial charge in [-0.3, -0.25) is 9.78 Å². The van der Waals surface area contributed by atoms with Crippen LogP contribution in [-0.2, 0) is 20.1 Å². The molecule has 0 aliphatic carbocycles. The molecule has 4 rings (SSSR count). The molecule has 29 heavy (non-hydrogen) atoms. The maximum absolute atomic E-state index is 8.40. The molecular weight excluding hydrogens is 559 g/mol. The van der Waals surface area contributed by atoms with E-state index in [0.717, 1.165) is 0 Å². The fourth-order valence-corrected chi connectivity index (χ4v) is 3.65. The summed E-state index contributed by atoms with van der Waals surface area (Å²) in [5, 5.41) is 10.9. The first kappa shape index (κ1) is 22.7. The van der Waals surface area contributed by atoms with Crippen molar-refractivity contribution in [3.05, 3.63) is 90.3 Å². The van der Waals surface area contributed by atoms with Crippen LogP contribution in [0.25, 0.3) is 32.3 Å². The van der Waals surface area contributed by atoms with Crippen LogP contribution in [0, 0.1) is 6.07 Å². The number of aromatic nitrogens is 1. The number of rotatable bonds is 3. The Hall–Kier alpha value is -2.59. The average molecular weight is 580 g/mol. The van der Waals surface area contributed by atoms with Gasteiger partial charge >= 0.3 is 5.78 Å². The van der Waals surface area contributed by atoms with E-state index in [1.54, 1.807) is 11.3 Å². The summed E-state index contributed by atoms with van der Waals surface area (Å²) in [4.78, 5) is 13.8. The van der Waals surface area contributed by atoms with E-state index in [2.05, 4.69) is 53.5 Å². The Labute approximate surface area is 188 Å². The van der Waals surface area contributed by atoms with Crippen molar-refractivity contribution >= 4 is 27.9 Å². The molecule has 149 valence electrons. The second kappa shape index (κ2) is 10.8. The normalized spacial score (nSPS) is 10.6. The number of ketones is 1. The molecule has 5 heteroatoms. The number of nitrogens with zero attached hydrogens (tertiary/aromatic N) is 1. The molecule has 0 spiro atoms. The molecule has 0 saturated heterocycles. The molecule has 0 saturated carbocycles. The van der Waals surface area contributed by atoms with E-state index in [1.807, 2.05) is 29.9 Å². The molecule has 1 radical (unpaired) electrons. The van der Waals surface area contributed by atoms with Gasteiger partial charge in [0, 0.05) is 31.9 Å². The minimum atomic E-state index is 0. The molecule has 0 atom stereocenters. The number of carbonyl (C=O) groups excluding carboxylic acids is 1. The molecule has 1 heterocycles. The van der Waals surface area contributed by atoms with E-state index < -0.39 is 0 Å². The van der Waals surface area contributed by atoms with Crippen molar-refractivity contribution in [3.8, 4) is 21.6 Å². The summed E-state index contributed by atoms with van der Waals surface area (Å²) < 4.78 is 0. The quantitative estimate of drug-likeness (QED) is 0.131. The molecule has 0 fully saturated rings. The molecule has 2 N–H and O–H groups in total. The average Bonchev–Trinajstić information content (AvgIpc) is 3.22. The Balaban J connectivity index is 0.000000327. The van der Waals surface area contributed by atoms with Crippen LogP contribution >= 0.6 is 11.3 Å². The summed E-state index contributed by atoms with van der Waals surface area (Å²) >= 11 is 1.68. The van der Waals surface area contributed by atoms with E-state index in [-0.39, 0.29) is 31.6 Å². The number of hydrogen-bond donors (Lipinski definition) is 1. The van der Waals surface area contributed by atoms with Gasteiger partial charge in [0.2, 0.25) is 0 Å². The monoisotopic (exact) mass is 580 g/mol. The minimum Gasteiger partial charge on any atom is -0.512 e. The van der Waals surface area contributed by atoms with Crippen molar-refractivity contribution in [3.63, 3.8) is 0 Å². The van der Waals surface area contributed by atoms with Crippen LogP contribution in [0.1, 0.15) is 13.8 Å². The smallest absolute Gasteiger partial charge is 0.316 e. The summed E-state index contributed by atoms with van der Waals surface area (Å²) in [6.07, 6.45) is 3.22. The molecule has 0 bridgehead atoms. The number of fused-ring (bicyclic) bond motifs is 1. The zero-order valence-corrected chi connectivity index (χ0v) is 19.3. The summed E-state index contributed by atoms with van der Waals surface area (Å²) in [6, 6.07) is 24.2. The van der Waals surface area contributed by atoms with Gasteiger partial charge < -0.3 is 5.11 Å². The number of thiazole rings is 1. The van der Waals surface area contributed by atoms with E-state index in [4.69, 9.17) is 9.90 Å². The van der Waals surface area contributed by atoms with Gasteiger partial charge in [0.25, 0.3) is 0 Å². The number of hydrogen-bond acceptors (Lipinski definition) is 3. The second-order valence-electron chi connectivity index (χ2n) is 6.29. The second-order valence-corrected chi connectivity index (χ2v) is 7.18. The predicted octanol–water partition coefficient (Wildman–Crippen LogP) is 6.44. The van der Waals surface area contributed by atoms with Gasteiger partial charge in [0.05, 0.1) is 29.1 Å². The van der Waals surface area contributed by atoms with Crippen LogP contribution in [0.3, 0.4) is 0 Å². The molecular formula is C24H21IrNO2S. The Kier molecular flexibility index (Phi) is 8.47. The predicted molar refractivity (Wildman–Crippen MR) is 118 cm³/mol. The Bertz CT molecular complexity index is 1100. The standard InChI is InChI=1S/C19H12NS.C5H8O2.Ir/c1-2-6-14(7-3-1)16-10-4-8-15-9-5-11-17(19(15)16)18-12-20-13-21-18;1-4(6)3-5(2)7;/h1-2,4-13H;3,6H,1-2H3;/q-1;;/p+1. The van der Waals surface area contributed by atoms with Gasteiger partial charge in [0.1, 0.15) is 0 Å². The maximum atomic E-state index is 8.40. The first-order valence-electron chi connectivity index (χ1n) is 8.83. The van der Waals surface area contributed by atoms with Crippen LogP contribution in [-0.4, -0.2) is 20.7 Å². The van der Waals surface area contributed by atoms with Gasteiger partial charge in [-0.25, -0.2) is 0 Å². The zero-order chi connectivity index (χ0) is 19.9. The molecule has 0 unspecified atom stereocenters. The molecule has 3 nitrogen and oxygen atoms in total. The third-order valence-corrected chi connectivity index (χ3v) is 4.84. The van der Waals surface area contributed by atoms with Crippen LogP contribution in [0.15, 0.2) is 84.2 Å².